The van der Waals surface area contributed by atoms with Gasteiger partial charge in [0.15, 0.2) is 0 Å². The van der Waals surface area contributed by atoms with E-state index in [9.17, 15) is 0 Å². The van der Waals surface area contributed by atoms with Crippen molar-refractivity contribution in [1.82, 2.24) is 25.2 Å². The van der Waals surface area contributed by atoms with Gasteiger partial charge in [-0.2, -0.15) is 0 Å². The Balaban J connectivity index is 1.07. The van der Waals surface area contributed by atoms with Crippen molar-refractivity contribution in [3.8, 4) is 11.1 Å². The Morgan fingerprint density at radius 3 is 2.74 bits per heavy atom. The first-order valence-electron chi connectivity index (χ1n) is 14.1. The van der Waals surface area contributed by atoms with Crippen LogP contribution in [0.4, 0.5) is 5.82 Å². The molecule has 4 aromatic rings. The van der Waals surface area contributed by atoms with E-state index < -0.39 is 0 Å². The van der Waals surface area contributed by atoms with Gasteiger partial charge in [-0.05, 0) is 92.6 Å². The number of piperidine rings is 1. The number of H-pyrrole nitrogens is 1. The first-order chi connectivity index (χ1) is 18.7. The van der Waals surface area contributed by atoms with Crippen LogP contribution in [0.2, 0.25) is 5.15 Å². The van der Waals surface area contributed by atoms with Crippen molar-refractivity contribution in [2.24, 2.45) is 0 Å². The second-order valence-corrected chi connectivity index (χ2v) is 11.3. The van der Waals surface area contributed by atoms with Gasteiger partial charge in [0, 0.05) is 48.5 Å². The number of hydrogen-bond donors (Lipinski definition) is 3. The van der Waals surface area contributed by atoms with Gasteiger partial charge in [-0.15, -0.1) is 0 Å². The summed E-state index contributed by atoms with van der Waals surface area (Å²) < 4.78 is 0. The molecule has 6 rings (SSSR count). The van der Waals surface area contributed by atoms with Crippen LogP contribution in [0.25, 0.3) is 22.2 Å². The molecule has 1 aliphatic heterocycles. The van der Waals surface area contributed by atoms with E-state index in [0.29, 0.717) is 17.2 Å². The highest BCUT2D eigenvalue weighted by molar-refractivity contribution is 6.29. The highest BCUT2D eigenvalue weighted by Gasteiger charge is 2.22. The number of aromatic nitrogens is 3. The number of nitrogens with one attached hydrogen (secondary N) is 3. The molecule has 198 valence electrons. The van der Waals surface area contributed by atoms with Crippen LogP contribution in [-0.2, 0) is 13.1 Å². The zero-order valence-corrected chi connectivity index (χ0v) is 22.7. The summed E-state index contributed by atoms with van der Waals surface area (Å²) in [5.74, 6) is 0.835. The summed E-state index contributed by atoms with van der Waals surface area (Å²) in [5.41, 5.74) is 5.82. The smallest absolute Gasteiger partial charge is 0.137 e. The van der Waals surface area contributed by atoms with Gasteiger partial charge in [0.05, 0.1) is 0 Å². The molecule has 0 amide bonds. The van der Waals surface area contributed by atoms with E-state index in [1.807, 2.05) is 18.3 Å². The molecule has 2 atom stereocenters. The average molecular weight is 529 g/mol. The van der Waals surface area contributed by atoms with Crippen molar-refractivity contribution in [1.29, 1.82) is 0 Å². The molecule has 0 spiro atoms. The van der Waals surface area contributed by atoms with Crippen LogP contribution in [-0.4, -0.2) is 45.0 Å². The Morgan fingerprint density at radius 2 is 1.82 bits per heavy atom. The lowest BCUT2D eigenvalue weighted by atomic mass is 9.90. The number of hydrogen-bond acceptors (Lipinski definition) is 5. The number of rotatable bonds is 8. The number of pyridine rings is 2. The maximum atomic E-state index is 6.46. The van der Waals surface area contributed by atoms with E-state index in [-0.39, 0.29) is 0 Å². The van der Waals surface area contributed by atoms with Gasteiger partial charge in [-0.3, -0.25) is 4.90 Å². The summed E-state index contributed by atoms with van der Waals surface area (Å²) in [6.07, 6.45) is 12.5. The van der Waals surface area contributed by atoms with Gasteiger partial charge in [0.1, 0.15) is 16.6 Å². The third kappa shape index (κ3) is 6.20. The van der Waals surface area contributed by atoms with Crippen LogP contribution in [0.1, 0.15) is 56.1 Å². The summed E-state index contributed by atoms with van der Waals surface area (Å²) in [6, 6.07) is 18.1. The van der Waals surface area contributed by atoms with Crippen LogP contribution in [0, 0.1) is 0 Å². The highest BCUT2D eigenvalue weighted by Crippen LogP contribution is 2.31. The highest BCUT2D eigenvalue weighted by atomic mass is 35.5. The minimum absolute atomic E-state index is 0.370. The molecule has 0 bridgehead atoms. The molecule has 3 N–H and O–H groups in total. The Labute approximate surface area is 230 Å². The SMILES string of the molecule is Clc1cc(-c2c[nH]c3ncccc23)cc(NC2CCCC(NCc3cccc(CN4CCCCC4)c3)C2)n1. The quantitative estimate of drug-likeness (QED) is 0.220. The van der Waals surface area contributed by atoms with Gasteiger partial charge in [0.25, 0.3) is 0 Å². The predicted octanol–water partition coefficient (Wildman–Crippen LogP) is 6.78. The van der Waals surface area contributed by atoms with Crippen molar-refractivity contribution in [2.45, 2.75) is 70.1 Å². The molecule has 7 heteroatoms. The van der Waals surface area contributed by atoms with Gasteiger partial charge in [0.2, 0.25) is 0 Å². The largest absolute Gasteiger partial charge is 0.367 e. The number of likely N-dealkylation sites (tertiary alicyclic amines) is 1. The third-order valence-electron chi connectivity index (χ3n) is 8.02. The van der Waals surface area contributed by atoms with E-state index in [1.54, 1.807) is 6.20 Å². The molecule has 2 aliphatic rings. The zero-order valence-electron chi connectivity index (χ0n) is 21.9. The number of nitrogens with zero attached hydrogens (tertiary/aromatic N) is 3. The second-order valence-electron chi connectivity index (χ2n) is 10.9. The molecule has 38 heavy (non-hydrogen) atoms. The molecular weight excluding hydrogens is 492 g/mol. The van der Waals surface area contributed by atoms with E-state index in [4.69, 9.17) is 11.6 Å². The van der Waals surface area contributed by atoms with Crippen molar-refractivity contribution in [3.05, 3.63) is 77.2 Å². The molecule has 2 unspecified atom stereocenters. The number of anilines is 1. The predicted molar refractivity (Wildman–Crippen MR) is 156 cm³/mol. The summed E-state index contributed by atoms with van der Waals surface area (Å²) >= 11 is 6.46. The number of benzene rings is 1. The molecule has 6 nitrogen and oxygen atoms in total. The molecular formula is C31H37ClN6. The summed E-state index contributed by atoms with van der Waals surface area (Å²) in [6.45, 7) is 4.47. The second kappa shape index (κ2) is 11.9. The molecule has 0 radical (unpaired) electrons. The topological polar surface area (TPSA) is 68.9 Å². The van der Waals surface area contributed by atoms with E-state index >= 15 is 0 Å². The van der Waals surface area contributed by atoms with Crippen LogP contribution >= 0.6 is 11.6 Å². The normalized spacial score (nSPS) is 20.6. The maximum absolute atomic E-state index is 6.46. The van der Waals surface area contributed by atoms with Crippen LogP contribution in [0.3, 0.4) is 0 Å². The fraction of sp³-hybridized carbons (Fsp3) is 0.419. The lowest BCUT2D eigenvalue weighted by Gasteiger charge is -2.31. The molecule has 2 fully saturated rings. The fourth-order valence-corrected chi connectivity index (χ4v) is 6.32. The summed E-state index contributed by atoms with van der Waals surface area (Å²) in [4.78, 5) is 14.9. The zero-order chi connectivity index (χ0) is 25.7. The van der Waals surface area contributed by atoms with Crippen molar-refractivity contribution in [3.63, 3.8) is 0 Å². The number of halogens is 1. The third-order valence-corrected chi connectivity index (χ3v) is 8.22. The van der Waals surface area contributed by atoms with Crippen LogP contribution < -0.4 is 10.6 Å². The van der Waals surface area contributed by atoms with Crippen molar-refractivity contribution in [2.75, 3.05) is 18.4 Å². The van der Waals surface area contributed by atoms with Gasteiger partial charge < -0.3 is 15.6 Å². The van der Waals surface area contributed by atoms with E-state index in [0.717, 1.165) is 53.9 Å². The number of aromatic amines is 1. The van der Waals surface area contributed by atoms with E-state index in [2.05, 4.69) is 66.9 Å². The molecule has 1 aliphatic carbocycles. The Morgan fingerprint density at radius 1 is 0.947 bits per heavy atom. The Bertz CT molecular complexity index is 1360. The Hall–Kier alpha value is -2.93. The van der Waals surface area contributed by atoms with Crippen molar-refractivity contribution >= 4 is 28.5 Å². The van der Waals surface area contributed by atoms with Gasteiger partial charge in [-0.25, -0.2) is 9.97 Å². The molecule has 3 aromatic heterocycles. The average Bonchev–Trinajstić information content (AvgIpc) is 3.37. The maximum Gasteiger partial charge on any atom is 0.137 e. The molecule has 1 saturated carbocycles. The van der Waals surface area contributed by atoms with Crippen LogP contribution in [0.15, 0.2) is 60.9 Å². The standard InChI is InChI=1S/C31H37ClN6/c32-29-16-24(28-20-35-31-27(28)11-6-12-33-31)17-30(37-29)36-26-10-5-9-25(18-26)34-19-22-7-4-8-23(15-22)21-38-13-2-1-3-14-38/h4,6-8,11-12,15-17,20,25-26,34H,1-3,5,9-10,13-14,18-19,21H2,(H,33,35)(H,36,37). The van der Waals surface area contributed by atoms with Gasteiger partial charge >= 0.3 is 0 Å². The minimum Gasteiger partial charge on any atom is -0.367 e. The summed E-state index contributed by atoms with van der Waals surface area (Å²) in [7, 11) is 0. The molecule has 1 saturated heterocycles. The fourth-order valence-electron chi connectivity index (χ4n) is 6.11. The number of fused-ring (bicyclic) bond motifs is 1. The monoisotopic (exact) mass is 528 g/mol. The Kier molecular flexibility index (Phi) is 7.91. The molecule has 1 aromatic carbocycles. The van der Waals surface area contributed by atoms with E-state index in [1.165, 1.54) is 56.3 Å². The van der Waals surface area contributed by atoms with Gasteiger partial charge in [-0.1, -0.05) is 42.3 Å². The van der Waals surface area contributed by atoms with Crippen LogP contribution in [0.5, 0.6) is 0 Å². The first-order valence-corrected chi connectivity index (χ1v) is 14.5. The first kappa shape index (κ1) is 25.4. The minimum atomic E-state index is 0.370. The lowest BCUT2D eigenvalue weighted by molar-refractivity contribution is 0.221. The lowest BCUT2D eigenvalue weighted by Crippen LogP contribution is -2.38. The van der Waals surface area contributed by atoms with Crippen molar-refractivity contribution < 1.29 is 0 Å². The summed E-state index contributed by atoms with van der Waals surface area (Å²) in [5, 5.41) is 9.11. The molecule has 4 heterocycles.